The molecule has 1 amide bonds. The maximum absolute atomic E-state index is 13.4. The van der Waals surface area contributed by atoms with Gasteiger partial charge in [-0.2, -0.15) is 0 Å². The van der Waals surface area contributed by atoms with Crippen LogP contribution in [0.3, 0.4) is 0 Å². The van der Waals surface area contributed by atoms with Crippen molar-refractivity contribution in [2.75, 3.05) is 11.5 Å². The number of anilines is 1. The maximum Gasteiger partial charge on any atom is 0.301 e. The first-order valence-electron chi connectivity index (χ1n) is 11.2. The van der Waals surface area contributed by atoms with Crippen molar-refractivity contribution in [1.29, 1.82) is 0 Å². The number of aromatic nitrogens is 1. The summed E-state index contributed by atoms with van der Waals surface area (Å²) in [7, 11) is 0. The second-order valence-electron chi connectivity index (χ2n) is 8.21. The van der Waals surface area contributed by atoms with Gasteiger partial charge < -0.3 is 9.84 Å². The van der Waals surface area contributed by atoms with Gasteiger partial charge in [0.2, 0.25) is 0 Å². The van der Waals surface area contributed by atoms with Crippen LogP contribution in [0.5, 0.6) is 5.75 Å². The molecule has 36 heavy (non-hydrogen) atoms. The summed E-state index contributed by atoms with van der Waals surface area (Å²) in [6, 6.07) is 17.9. The highest BCUT2D eigenvalue weighted by Gasteiger charge is 2.48. The number of aliphatic hydroxyl groups is 1. The highest BCUT2D eigenvalue weighted by atomic mass is 35.5. The number of hydrogen-bond donors (Lipinski definition) is 1. The van der Waals surface area contributed by atoms with Gasteiger partial charge in [-0.15, -0.1) is 0 Å². The first-order chi connectivity index (χ1) is 17.4. The molecule has 3 aromatic carbocycles. The van der Waals surface area contributed by atoms with Crippen molar-refractivity contribution in [2.45, 2.75) is 19.4 Å². The number of nitrogens with zero attached hydrogens (tertiary/aromatic N) is 2. The molecule has 4 aromatic rings. The maximum atomic E-state index is 13.4. The van der Waals surface area contributed by atoms with E-state index < -0.39 is 17.7 Å². The number of amides is 1. The van der Waals surface area contributed by atoms with Crippen LogP contribution in [-0.2, 0) is 9.59 Å². The number of carbonyl (C=O) groups is 2. The summed E-state index contributed by atoms with van der Waals surface area (Å²) in [6.07, 6.45) is 0.825. The van der Waals surface area contributed by atoms with Gasteiger partial charge in [0.05, 0.1) is 28.4 Å². The van der Waals surface area contributed by atoms with Crippen molar-refractivity contribution in [1.82, 2.24) is 4.98 Å². The molecule has 1 fully saturated rings. The second kappa shape index (κ2) is 9.93. The molecule has 1 aliphatic heterocycles. The molecule has 6 nitrogen and oxygen atoms in total. The third-order valence-electron chi connectivity index (χ3n) is 5.76. The van der Waals surface area contributed by atoms with E-state index in [1.54, 1.807) is 66.7 Å². The number of ether oxygens (including phenoxy) is 1. The van der Waals surface area contributed by atoms with E-state index in [1.807, 2.05) is 6.92 Å². The van der Waals surface area contributed by atoms with E-state index >= 15 is 0 Å². The standard InChI is InChI=1S/C27H20Cl2N2O4S/c1-2-12-35-19-5-3-4-16(13-19)24(32)22-23(15-6-8-17(28)9-7-15)31(26(34)25(22)33)27-30-20-11-10-18(29)14-21(20)36-27/h3-11,13-14,23,32H,2,12H2,1H3/b24-22+. The molecule has 0 saturated carbocycles. The molecular weight excluding hydrogens is 519 g/mol. The number of fused-ring (bicyclic) bond motifs is 1. The zero-order valence-corrected chi connectivity index (χ0v) is 21.4. The van der Waals surface area contributed by atoms with Gasteiger partial charge in [-0.25, -0.2) is 4.98 Å². The van der Waals surface area contributed by atoms with Crippen molar-refractivity contribution >= 4 is 67.3 Å². The van der Waals surface area contributed by atoms with Gasteiger partial charge in [0.15, 0.2) is 5.13 Å². The predicted octanol–water partition coefficient (Wildman–Crippen LogP) is 7.02. The fraction of sp³-hybridized carbons (Fsp3) is 0.148. The number of Topliss-reactive ketones (excluding diaryl/α,β-unsaturated/α-hetero) is 1. The number of ketones is 1. The monoisotopic (exact) mass is 538 g/mol. The van der Waals surface area contributed by atoms with Crippen LogP contribution < -0.4 is 9.64 Å². The van der Waals surface area contributed by atoms with Gasteiger partial charge in [-0.05, 0) is 54.4 Å². The van der Waals surface area contributed by atoms with Gasteiger partial charge in [0.1, 0.15) is 11.5 Å². The SMILES string of the molecule is CCCOc1cccc(/C(O)=C2\C(=O)C(=O)N(c3nc4ccc(Cl)cc4s3)C2c2ccc(Cl)cc2)c1. The lowest BCUT2D eigenvalue weighted by Gasteiger charge is -2.23. The van der Waals surface area contributed by atoms with Gasteiger partial charge >= 0.3 is 5.91 Å². The van der Waals surface area contributed by atoms with E-state index in [0.29, 0.717) is 44.2 Å². The molecule has 0 spiro atoms. The lowest BCUT2D eigenvalue weighted by molar-refractivity contribution is -0.132. The molecule has 1 aliphatic rings. The number of carbonyl (C=O) groups excluding carboxylic acids is 2. The molecule has 5 rings (SSSR count). The lowest BCUT2D eigenvalue weighted by atomic mass is 9.95. The molecule has 0 radical (unpaired) electrons. The van der Waals surface area contributed by atoms with E-state index in [2.05, 4.69) is 4.98 Å². The fourth-order valence-corrected chi connectivity index (χ4v) is 5.48. The minimum atomic E-state index is -0.904. The normalized spacial score (nSPS) is 17.2. The Morgan fingerprint density at radius 1 is 1.06 bits per heavy atom. The van der Waals surface area contributed by atoms with E-state index in [1.165, 1.54) is 16.2 Å². The highest BCUT2D eigenvalue weighted by molar-refractivity contribution is 7.22. The van der Waals surface area contributed by atoms with E-state index in [4.69, 9.17) is 27.9 Å². The van der Waals surface area contributed by atoms with Crippen LogP contribution in [0.25, 0.3) is 16.0 Å². The number of rotatable bonds is 6. The Morgan fingerprint density at radius 3 is 2.56 bits per heavy atom. The Hall–Kier alpha value is -3.39. The highest BCUT2D eigenvalue weighted by Crippen LogP contribution is 2.44. The van der Waals surface area contributed by atoms with Crippen molar-refractivity contribution in [2.24, 2.45) is 0 Å². The van der Waals surface area contributed by atoms with Crippen LogP contribution in [0.1, 0.15) is 30.5 Å². The second-order valence-corrected chi connectivity index (χ2v) is 10.1. The number of benzene rings is 3. The average Bonchev–Trinajstić information content (AvgIpc) is 3.40. The molecule has 0 bridgehead atoms. The summed E-state index contributed by atoms with van der Waals surface area (Å²) in [5.41, 5.74) is 1.59. The molecule has 1 N–H and O–H groups in total. The average molecular weight is 539 g/mol. The first-order valence-corrected chi connectivity index (χ1v) is 12.8. The molecular formula is C27H20Cl2N2O4S. The Morgan fingerprint density at radius 2 is 1.81 bits per heavy atom. The van der Waals surface area contributed by atoms with Gasteiger partial charge in [0.25, 0.3) is 5.78 Å². The number of thiazole rings is 1. The third kappa shape index (κ3) is 4.46. The van der Waals surface area contributed by atoms with Crippen LogP contribution in [0.4, 0.5) is 5.13 Å². The van der Waals surface area contributed by atoms with Crippen LogP contribution >= 0.6 is 34.5 Å². The zero-order chi connectivity index (χ0) is 25.4. The first kappa shape index (κ1) is 24.3. The summed E-state index contributed by atoms with van der Waals surface area (Å²) in [6.45, 7) is 2.51. The van der Waals surface area contributed by atoms with E-state index in [-0.39, 0.29) is 11.3 Å². The van der Waals surface area contributed by atoms with Crippen molar-refractivity contribution in [3.05, 3.63) is 93.5 Å². The summed E-state index contributed by atoms with van der Waals surface area (Å²) in [5.74, 6) is -1.31. The minimum Gasteiger partial charge on any atom is -0.507 e. The Balaban J connectivity index is 1.68. The summed E-state index contributed by atoms with van der Waals surface area (Å²) < 4.78 is 6.46. The van der Waals surface area contributed by atoms with Crippen LogP contribution in [0, 0.1) is 0 Å². The molecule has 1 saturated heterocycles. The largest absolute Gasteiger partial charge is 0.507 e. The van der Waals surface area contributed by atoms with Crippen molar-refractivity contribution in [3.8, 4) is 5.75 Å². The fourth-order valence-electron chi connectivity index (χ4n) is 4.09. The summed E-state index contributed by atoms with van der Waals surface area (Å²) in [5, 5.41) is 12.7. The minimum absolute atomic E-state index is 0.0350. The molecule has 9 heteroatoms. The van der Waals surface area contributed by atoms with Gasteiger partial charge in [-0.3, -0.25) is 14.5 Å². The third-order valence-corrected chi connectivity index (χ3v) is 7.26. The number of halogens is 2. The smallest absolute Gasteiger partial charge is 0.301 e. The molecule has 1 atom stereocenters. The van der Waals surface area contributed by atoms with Crippen LogP contribution in [0.15, 0.2) is 72.3 Å². The quantitative estimate of drug-likeness (QED) is 0.162. The predicted molar refractivity (Wildman–Crippen MR) is 143 cm³/mol. The molecule has 2 heterocycles. The van der Waals surface area contributed by atoms with Gasteiger partial charge in [0, 0.05) is 15.6 Å². The van der Waals surface area contributed by atoms with Crippen LogP contribution in [-0.4, -0.2) is 28.4 Å². The Labute approximate surface area is 221 Å². The molecule has 1 aromatic heterocycles. The molecule has 1 unspecified atom stereocenters. The lowest BCUT2D eigenvalue weighted by Crippen LogP contribution is -2.29. The zero-order valence-electron chi connectivity index (χ0n) is 19.1. The number of aliphatic hydroxyl groups excluding tert-OH is 1. The summed E-state index contributed by atoms with van der Waals surface area (Å²) in [4.78, 5) is 32.7. The van der Waals surface area contributed by atoms with Crippen molar-refractivity contribution in [3.63, 3.8) is 0 Å². The summed E-state index contributed by atoms with van der Waals surface area (Å²) >= 11 is 13.5. The Kier molecular flexibility index (Phi) is 6.71. The Bertz CT molecular complexity index is 1510. The molecule has 182 valence electrons. The number of hydrogen-bond acceptors (Lipinski definition) is 6. The van der Waals surface area contributed by atoms with Crippen molar-refractivity contribution < 1.29 is 19.4 Å². The topological polar surface area (TPSA) is 79.7 Å². The molecule has 0 aliphatic carbocycles. The van der Waals surface area contributed by atoms with E-state index in [0.717, 1.165) is 11.1 Å². The van der Waals surface area contributed by atoms with E-state index in [9.17, 15) is 14.7 Å². The van der Waals surface area contributed by atoms with Gasteiger partial charge in [-0.1, -0.05) is 65.7 Å². The van der Waals surface area contributed by atoms with Crippen LogP contribution in [0.2, 0.25) is 10.0 Å².